The standard InChI is InChI=1S/C17H18N2O/c1-17(2,3)20-13-8-6-7-12(11-13)16-18-14-9-4-5-10-15(14)19-16/h4-11H,1-3H3,(H,18,19). The van der Waals surface area contributed by atoms with E-state index < -0.39 is 0 Å². The lowest BCUT2D eigenvalue weighted by atomic mass is 10.1. The third kappa shape index (κ3) is 2.67. The molecule has 0 bridgehead atoms. The maximum atomic E-state index is 5.90. The van der Waals surface area contributed by atoms with E-state index in [0.717, 1.165) is 28.2 Å². The second-order valence-corrected chi connectivity index (χ2v) is 5.84. The highest BCUT2D eigenvalue weighted by Crippen LogP contribution is 2.26. The van der Waals surface area contributed by atoms with Gasteiger partial charge in [0, 0.05) is 5.56 Å². The first-order valence-corrected chi connectivity index (χ1v) is 6.75. The van der Waals surface area contributed by atoms with Gasteiger partial charge in [0.2, 0.25) is 0 Å². The first-order valence-electron chi connectivity index (χ1n) is 6.75. The van der Waals surface area contributed by atoms with E-state index in [-0.39, 0.29) is 5.60 Å². The molecule has 0 aliphatic carbocycles. The monoisotopic (exact) mass is 266 g/mol. The molecule has 0 spiro atoms. The van der Waals surface area contributed by atoms with Crippen molar-refractivity contribution in [3.63, 3.8) is 0 Å². The maximum Gasteiger partial charge on any atom is 0.138 e. The fourth-order valence-electron chi connectivity index (χ4n) is 2.15. The molecular weight excluding hydrogens is 248 g/mol. The normalized spacial score (nSPS) is 11.8. The van der Waals surface area contributed by atoms with Crippen molar-refractivity contribution in [3.8, 4) is 17.1 Å². The van der Waals surface area contributed by atoms with Crippen LogP contribution in [0.4, 0.5) is 0 Å². The van der Waals surface area contributed by atoms with Gasteiger partial charge in [0.15, 0.2) is 0 Å². The number of imidazole rings is 1. The highest BCUT2D eigenvalue weighted by atomic mass is 16.5. The number of ether oxygens (including phenoxy) is 1. The summed E-state index contributed by atoms with van der Waals surface area (Å²) in [6.45, 7) is 6.13. The van der Waals surface area contributed by atoms with Crippen LogP contribution in [0.3, 0.4) is 0 Å². The van der Waals surface area contributed by atoms with Crippen LogP contribution < -0.4 is 4.74 Å². The number of nitrogens with zero attached hydrogens (tertiary/aromatic N) is 1. The minimum Gasteiger partial charge on any atom is -0.488 e. The van der Waals surface area contributed by atoms with E-state index in [0.29, 0.717) is 0 Å². The summed E-state index contributed by atoms with van der Waals surface area (Å²) in [4.78, 5) is 7.94. The third-order valence-corrected chi connectivity index (χ3v) is 2.92. The fraction of sp³-hybridized carbons (Fsp3) is 0.235. The van der Waals surface area contributed by atoms with Gasteiger partial charge in [-0.2, -0.15) is 0 Å². The summed E-state index contributed by atoms with van der Waals surface area (Å²) in [5.41, 5.74) is 2.85. The molecule has 0 saturated heterocycles. The molecule has 0 aliphatic rings. The lowest BCUT2D eigenvalue weighted by molar-refractivity contribution is 0.131. The van der Waals surface area contributed by atoms with Crippen molar-refractivity contribution in [2.75, 3.05) is 0 Å². The summed E-state index contributed by atoms with van der Waals surface area (Å²) in [5, 5.41) is 0. The summed E-state index contributed by atoms with van der Waals surface area (Å²) in [6.07, 6.45) is 0. The van der Waals surface area contributed by atoms with Gasteiger partial charge in [-0.3, -0.25) is 0 Å². The van der Waals surface area contributed by atoms with Crippen LogP contribution in [-0.4, -0.2) is 15.6 Å². The minimum atomic E-state index is -0.202. The molecule has 0 aliphatic heterocycles. The summed E-state index contributed by atoms with van der Waals surface area (Å²) in [6, 6.07) is 16.0. The fourth-order valence-corrected chi connectivity index (χ4v) is 2.15. The number of hydrogen-bond donors (Lipinski definition) is 1. The molecule has 20 heavy (non-hydrogen) atoms. The first kappa shape index (κ1) is 12.7. The average Bonchev–Trinajstić information content (AvgIpc) is 2.80. The Balaban J connectivity index is 1.99. The molecule has 0 radical (unpaired) electrons. The van der Waals surface area contributed by atoms with E-state index in [2.05, 4.69) is 9.97 Å². The Labute approximate surface area is 118 Å². The van der Waals surface area contributed by atoms with Crippen molar-refractivity contribution >= 4 is 11.0 Å². The number of benzene rings is 2. The summed E-state index contributed by atoms with van der Waals surface area (Å²) < 4.78 is 5.90. The van der Waals surface area contributed by atoms with Crippen molar-refractivity contribution in [1.82, 2.24) is 9.97 Å². The van der Waals surface area contributed by atoms with E-state index >= 15 is 0 Å². The Hall–Kier alpha value is -2.29. The van der Waals surface area contributed by atoms with Crippen LogP contribution in [0.1, 0.15) is 20.8 Å². The van der Waals surface area contributed by atoms with E-state index in [1.165, 1.54) is 0 Å². The number of para-hydroxylation sites is 2. The zero-order valence-electron chi connectivity index (χ0n) is 12.0. The molecule has 0 saturated carbocycles. The van der Waals surface area contributed by atoms with Gasteiger partial charge >= 0.3 is 0 Å². The summed E-state index contributed by atoms with van der Waals surface area (Å²) in [7, 11) is 0. The highest BCUT2D eigenvalue weighted by Gasteiger charge is 2.12. The predicted molar refractivity (Wildman–Crippen MR) is 81.9 cm³/mol. The van der Waals surface area contributed by atoms with Crippen LogP contribution >= 0.6 is 0 Å². The molecule has 3 aromatic rings. The Kier molecular flexibility index (Phi) is 2.97. The Morgan fingerprint density at radius 1 is 1.00 bits per heavy atom. The Morgan fingerprint density at radius 2 is 1.80 bits per heavy atom. The van der Waals surface area contributed by atoms with Crippen LogP contribution in [0.5, 0.6) is 5.75 Å². The number of aromatic nitrogens is 2. The topological polar surface area (TPSA) is 37.9 Å². The van der Waals surface area contributed by atoms with Crippen molar-refractivity contribution in [3.05, 3.63) is 48.5 Å². The molecule has 3 nitrogen and oxygen atoms in total. The molecule has 3 heteroatoms. The SMILES string of the molecule is CC(C)(C)Oc1cccc(-c2nc3ccccc3[nH]2)c1. The van der Waals surface area contributed by atoms with Gasteiger partial charge in [0.25, 0.3) is 0 Å². The number of H-pyrrole nitrogens is 1. The average molecular weight is 266 g/mol. The number of fused-ring (bicyclic) bond motifs is 1. The molecule has 3 rings (SSSR count). The lowest BCUT2D eigenvalue weighted by Gasteiger charge is -2.21. The molecule has 0 atom stereocenters. The Bertz CT molecular complexity index is 705. The van der Waals surface area contributed by atoms with Gasteiger partial charge in [-0.25, -0.2) is 4.98 Å². The molecule has 1 heterocycles. The second-order valence-electron chi connectivity index (χ2n) is 5.84. The molecule has 0 unspecified atom stereocenters. The van der Waals surface area contributed by atoms with Crippen LogP contribution in [0.25, 0.3) is 22.4 Å². The summed E-state index contributed by atoms with van der Waals surface area (Å²) in [5.74, 6) is 1.72. The van der Waals surface area contributed by atoms with E-state index in [4.69, 9.17) is 4.74 Å². The molecule has 2 aromatic carbocycles. The largest absolute Gasteiger partial charge is 0.488 e. The third-order valence-electron chi connectivity index (χ3n) is 2.92. The molecule has 1 N–H and O–H groups in total. The van der Waals surface area contributed by atoms with Gasteiger partial charge in [-0.05, 0) is 45.0 Å². The number of aromatic amines is 1. The maximum absolute atomic E-state index is 5.90. The van der Waals surface area contributed by atoms with Crippen molar-refractivity contribution < 1.29 is 4.74 Å². The van der Waals surface area contributed by atoms with Crippen molar-refractivity contribution in [1.29, 1.82) is 0 Å². The zero-order valence-corrected chi connectivity index (χ0v) is 12.0. The smallest absolute Gasteiger partial charge is 0.138 e. The minimum absolute atomic E-state index is 0.202. The predicted octanol–water partition coefficient (Wildman–Crippen LogP) is 4.41. The molecule has 0 amide bonds. The molecular formula is C17H18N2O. The van der Waals surface area contributed by atoms with Gasteiger partial charge in [0.1, 0.15) is 17.2 Å². The van der Waals surface area contributed by atoms with Crippen molar-refractivity contribution in [2.24, 2.45) is 0 Å². The molecule has 1 aromatic heterocycles. The highest BCUT2D eigenvalue weighted by molar-refractivity contribution is 5.79. The quantitative estimate of drug-likeness (QED) is 0.746. The van der Waals surface area contributed by atoms with Crippen LogP contribution in [0.15, 0.2) is 48.5 Å². The van der Waals surface area contributed by atoms with Gasteiger partial charge < -0.3 is 9.72 Å². The van der Waals surface area contributed by atoms with E-state index in [9.17, 15) is 0 Å². The van der Waals surface area contributed by atoms with Crippen LogP contribution in [-0.2, 0) is 0 Å². The van der Waals surface area contributed by atoms with E-state index in [1.54, 1.807) is 0 Å². The first-order chi connectivity index (χ1) is 9.51. The number of rotatable bonds is 2. The summed E-state index contributed by atoms with van der Waals surface area (Å²) >= 11 is 0. The second kappa shape index (κ2) is 4.67. The number of nitrogens with one attached hydrogen (secondary N) is 1. The number of hydrogen-bond acceptors (Lipinski definition) is 2. The van der Waals surface area contributed by atoms with Crippen LogP contribution in [0.2, 0.25) is 0 Å². The Morgan fingerprint density at radius 3 is 2.55 bits per heavy atom. The van der Waals surface area contributed by atoms with Gasteiger partial charge in [-0.15, -0.1) is 0 Å². The van der Waals surface area contributed by atoms with Crippen molar-refractivity contribution in [2.45, 2.75) is 26.4 Å². The van der Waals surface area contributed by atoms with E-state index in [1.807, 2.05) is 69.3 Å². The lowest BCUT2D eigenvalue weighted by Crippen LogP contribution is -2.22. The van der Waals surface area contributed by atoms with Gasteiger partial charge in [-0.1, -0.05) is 24.3 Å². The molecule has 102 valence electrons. The van der Waals surface area contributed by atoms with Crippen LogP contribution in [0, 0.1) is 0 Å². The van der Waals surface area contributed by atoms with Gasteiger partial charge in [0.05, 0.1) is 11.0 Å². The zero-order chi connectivity index (χ0) is 14.2. The molecule has 0 fully saturated rings.